The van der Waals surface area contributed by atoms with Crippen molar-refractivity contribution in [1.29, 1.82) is 0 Å². The van der Waals surface area contributed by atoms with Gasteiger partial charge >= 0.3 is 11.7 Å². The number of hydrogen-bond acceptors (Lipinski definition) is 8. The molecule has 2 heterocycles. The van der Waals surface area contributed by atoms with Crippen LogP contribution >= 0.6 is 11.8 Å². The van der Waals surface area contributed by atoms with Gasteiger partial charge in [0.2, 0.25) is 0 Å². The molecule has 0 aliphatic heterocycles. The zero-order valence-corrected chi connectivity index (χ0v) is 16.6. The molecule has 0 bridgehead atoms. The molecular formula is C18H18N4O5S. The Labute approximate surface area is 163 Å². The number of carbonyl (C=O) groups is 1. The van der Waals surface area contributed by atoms with E-state index in [4.69, 9.17) is 4.74 Å². The highest BCUT2D eigenvalue weighted by molar-refractivity contribution is 8.00. The first-order valence-corrected chi connectivity index (χ1v) is 9.17. The quantitative estimate of drug-likeness (QED) is 0.353. The summed E-state index contributed by atoms with van der Waals surface area (Å²) in [5.74, 6) is 0.512. The number of methoxy groups -OCH3 is 2. The smallest absolute Gasteiger partial charge is 0.332 e. The lowest BCUT2D eigenvalue weighted by Crippen LogP contribution is -2.37. The molecule has 28 heavy (non-hydrogen) atoms. The van der Waals surface area contributed by atoms with Crippen molar-refractivity contribution in [1.82, 2.24) is 19.1 Å². The first-order chi connectivity index (χ1) is 13.4. The van der Waals surface area contributed by atoms with Gasteiger partial charge in [-0.15, -0.1) is 0 Å². The minimum Gasteiger partial charge on any atom is -0.497 e. The number of fused-ring (bicyclic) bond motifs is 1. The molecule has 0 saturated carbocycles. The topological polar surface area (TPSA) is 105 Å². The summed E-state index contributed by atoms with van der Waals surface area (Å²) in [5, 5.41) is 0.480. The Morgan fingerprint density at radius 1 is 1.07 bits per heavy atom. The van der Waals surface area contributed by atoms with Crippen molar-refractivity contribution in [2.24, 2.45) is 14.1 Å². The van der Waals surface area contributed by atoms with Crippen molar-refractivity contribution >= 4 is 28.8 Å². The normalized spacial score (nSPS) is 10.9. The third-order valence-electron chi connectivity index (χ3n) is 4.17. The second-order valence-electron chi connectivity index (χ2n) is 5.85. The molecule has 146 valence electrons. The van der Waals surface area contributed by atoms with Gasteiger partial charge in [-0.3, -0.25) is 18.7 Å². The van der Waals surface area contributed by atoms with Crippen molar-refractivity contribution in [3.63, 3.8) is 0 Å². The number of ether oxygens (including phenoxy) is 2. The number of rotatable bonds is 5. The van der Waals surface area contributed by atoms with Crippen molar-refractivity contribution < 1.29 is 14.3 Å². The van der Waals surface area contributed by atoms with Crippen LogP contribution in [0.4, 0.5) is 0 Å². The first-order valence-electron chi connectivity index (χ1n) is 8.19. The molecule has 10 heteroatoms. The molecule has 0 unspecified atom stereocenters. The van der Waals surface area contributed by atoms with Gasteiger partial charge in [0.1, 0.15) is 16.2 Å². The van der Waals surface area contributed by atoms with Crippen LogP contribution in [-0.2, 0) is 23.6 Å². The second-order valence-corrected chi connectivity index (χ2v) is 6.81. The molecule has 9 nitrogen and oxygen atoms in total. The molecule has 1 aromatic carbocycles. The number of esters is 1. The van der Waals surface area contributed by atoms with E-state index >= 15 is 0 Å². The van der Waals surface area contributed by atoms with Crippen LogP contribution in [0.2, 0.25) is 0 Å². The molecule has 0 saturated heterocycles. The Hall–Kier alpha value is -3.14. The van der Waals surface area contributed by atoms with E-state index in [1.807, 2.05) is 0 Å². The standard InChI is InChI=1S/C18H18N4O5S/c1-21-15-13(17(24)22(2)18(21)25)16(28-9-12(23)27-4)20-14(19-15)10-5-7-11(26-3)8-6-10/h5-8H,9H2,1-4H3. The van der Waals surface area contributed by atoms with E-state index in [2.05, 4.69) is 14.7 Å². The van der Waals surface area contributed by atoms with E-state index in [1.165, 1.54) is 25.8 Å². The maximum Gasteiger partial charge on any atom is 0.332 e. The van der Waals surface area contributed by atoms with Gasteiger partial charge in [0.25, 0.3) is 5.56 Å². The van der Waals surface area contributed by atoms with Crippen LogP contribution in [-0.4, -0.2) is 45.0 Å². The molecule has 2 aromatic heterocycles. The summed E-state index contributed by atoms with van der Waals surface area (Å²) >= 11 is 1.06. The average molecular weight is 402 g/mol. The zero-order chi connectivity index (χ0) is 20.4. The Balaban J connectivity index is 2.27. The van der Waals surface area contributed by atoms with Crippen LogP contribution in [0.25, 0.3) is 22.4 Å². The lowest BCUT2D eigenvalue weighted by Gasteiger charge is -2.12. The van der Waals surface area contributed by atoms with Gasteiger partial charge < -0.3 is 9.47 Å². The summed E-state index contributed by atoms with van der Waals surface area (Å²) in [6.07, 6.45) is 0. The second kappa shape index (κ2) is 7.85. The summed E-state index contributed by atoms with van der Waals surface area (Å²) in [5.41, 5.74) is -0.149. The molecule has 0 aliphatic carbocycles. The number of thioether (sulfide) groups is 1. The van der Waals surface area contributed by atoms with Crippen molar-refractivity contribution in [2.45, 2.75) is 5.03 Å². The van der Waals surface area contributed by atoms with E-state index in [-0.39, 0.29) is 16.8 Å². The predicted octanol–water partition coefficient (Wildman–Crippen LogP) is 0.968. The third kappa shape index (κ3) is 3.50. The van der Waals surface area contributed by atoms with Crippen LogP contribution in [0, 0.1) is 0 Å². The molecule has 0 amide bonds. The van der Waals surface area contributed by atoms with Gasteiger partial charge in [0, 0.05) is 19.7 Å². The summed E-state index contributed by atoms with van der Waals surface area (Å²) in [7, 11) is 5.76. The van der Waals surface area contributed by atoms with Gasteiger partial charge in [-0.1, -0.05) is 11.8 Å². The molecule has 0 aliphatic rings. The van der Waals surface area contributed by atoms with Crippen LogP contribution < -0.4 is 16.0 Å². The van der Waals surface area contributed by atoms with E-state index in [0.717, 1.165) is 16.3 Å². The van der Waals surface area contributed by atoms with E-state index in [9.17, 15) is 14.4 Å². The molecule has 0 radical (unpaired) electrons. The summed E-state index contributed by atoms with van der Waals surface area (Å²) in [6, 6.07) is 7.06. The Morgan fingerprint density at radius 2 is 1.75 bits per heavy atom. The van der Waals surface area contributed by atoms with Gasteiger partial charge in [0.05, 0.1) is 20.0 Å². The third-order valence-corrected chi connectivity index (χ3v) is 5.12. The molecule has 0 atom stereocenters. The fourth-order valence-corrected chi connectivity index (χ4v) is 3.44. The molecule has 0 spiro atoms. The van der Waals surface area contributed by atoms with Gasteiger partial charge in [-0.2, -0.15) is 0 Å². The number of benzene rings is 1. The van der Waals surface area contributed by atoms with E-state index in [1.54, 1.807) is 31.4 Å². The van der Waals surface area contributed by atoms with Gasteiger partial charge in [0.15, 0.2) is 11.5 Å². The highest BCUT2D eigenvalue weighted by atomic mass is 32.2. The summed E-state index contributed by atoms with van der Waals surface area (Å²) < 4.78 is 12.1. The first kappa shape index (κ1) is 19.6. The van der Waals surface area contributed by atoms with Gasteiger partial charge in [-0.25, -0.2) is 14.8 Å². The predicted molar refractivity (Wildman–Crippen MR) is 105 cm³/mol. The number of hydrogen-bond donors (Lipinski definition) is 0. The molecular weight excluding hydrogens is 384 g/mol. The average Bonchev–Trinajstić information content (AvgIpc) is 2.73. The van der Waals surface area contributed by atoms with Crippen LogP contribution in [0.5, 0.6) is 5.75 Å². The van der Waals surface area contributed by atoms with Gasteiger partial charge in [-0.05, 0) is 24.3 Å². The highest BCUT2D eigenvalue weighted by Gasteiger charge is 2.19. The van der Waals surface area contributed by atoms with Crippen molar-refractivity contribution in [3.8, 4) is 17.1 Å². The summed E-state index contributed by atoms with van der Waals surface area (Å²) in [4.78, 5) is 45.5. The zero-order valence-electron chi connectivity index (χ0n) is 15.8. The minimum absolute atomic E-state index is 0.0311. The maximum atomic E-state index is 12.7. The summed E-state index contributed by atoms with van der Waals surface area (Å²) in [6.45, 7) is 0. The molecule has 3 aromatic rings. The fourth-order valence-electron chi connectivity index (χ4n) is 2.59. The van der Waals surface area contributed by atoms with Crippen molar-refractivity contribution in [2.75, 3.05) is 20.0 Å². The highest BCUT2D eigenvalue weighted by Crippen LogP contribution is 2.27. The Kier molecular flexibility index (Phi) is 5.50. The molecule has 0 N–H and O–H groups in total. The van der Waals surface area contributed by atoms with Crippen LogP contribution in [0.3, 0.4) is 0 Å². The van der Waals surface area contributed by atoms with Crippen LogP contribution in [0.15, 0.2) is 38.9 Å². The van der Waals surface area contributed by atoms with Crippen LogP contribution in [0.1, 0.15) is 0 Å². The number of carbonyl (C=O) groups excluding carboxylic acids is 1. The molecule has 3 rings (SSSR count). The molecule has 0 fully saturated rings. The number of aryl methyl sites for hydroxylation is 1. The van der Waals surface area contributed by atoms with E-state index < -0.39 is 17.2 Å². The largest absolute Gasteiger partial charge is 0.497 e. The van der Waals surface area contributed by atoms with Crippen molar-refractivity contribution in [3.05, 3.63) is 45.1 Å². The lowest BCUT2D eigenvalue weighted by atomic mass is 10.2. The lowest BCUT2D eigenvalue weighted by molar-refractivity contribution is -0.137. The van der Waals surface area contributed by atoms with E-state index in [0.29, 0.717) is 22.2 Å². The Morgan fingerprint density at radius 3 is 2.36 bits per heavy atom. The minimum atomic E-state index is -0.522. The fraction of sp³-hybridized carbons (Fsp3) is 0.278. The maximum absolute atomic E-state index is 12.7. The Bertz CT molecular complexity index is 1170. The number of nitrogens with zero attached hydrogens (tertiary/aromatic N) is 4. The number of aromatic nitrogens is 4. The monoisotopic (exact) mass is 402 g/mol. The SMILES string of the molecule is COC(=O)CSc1nc(-c2ccc(OC)cc2)nc2c1c(=O)n(C)c(=O)n2C.